The van der Waals surface area contributed by atoms with Gasteiger partial charge in [-0.3, -0.25) is 0 Å². The highest BCUT2D eigenvalue weighted by molar-refractivity contribution is 6.17. The number of unbranched alkanes of at least 4 members (excludes halogenated alkanes) is 1. The Morgan fingerprint density at radius 1 is 1.17 bits per heavy atom. The van der Waals surface area contributed by atoms with Crippen LogP contribution in [0.4, 0.5) is 0 Å². The van der Waals surface area contributed by atoms with E-state index in [0.29, 0.717) is 29.5 Å². The van der Waals surface area contributed by atoms with E-state index in [1.807, 2.05) is 0 Å². The van der Waals surface area contributed by atoms with Gasteiger partial charge in [-0.25, -0.2) is 4.79 Å². The van der Waals surface area contributed by atoms with Crippen molar-refractivity contribution in [1.29, 1.82) is 0 Å². The Labute approximate surface area is 112 Å². The summed E-state index contributed by atoms with van der Waals surface area (Å²) in [6.45, 7) is 0.375. The number of hydrogen-bond donors (Lipinski definition) is 0. The highest BCUT2D eigenvalue weighted by atomic mass is 35.5. The average Bonchev–Trinajstić information content (AvgIpc) is 2.42. The Morgan fingerprint density at radius 2 is 1.89 bits per heavy atom. The number of carbonyl (C=O) groups is 1. The van der Waals surface area contributed by atoms with Crippen LogP contribution in [0.5, 0.6) is 11.5 Å². The van der Waals surface area contributed by atoms with Crippen LogP contribution in [0.15, 0.2) is 18.2 Å². The van der Waals surface area contributed by atoms with Crippen LogP contribution >= 0.6 is 11.6 Å². The van der Waals surface area contributed by atoms with Crippen LogP contribution in [-0.4, -0.2) is 32.7 Å². The zero-order valence-corrected chi connectivity index (χ0v) is 11.3. The lowest BCUT2D eigenvalue weighted by atomic mass is 10.2. The molecule has 0 heterocycles. The molecule has 1 aromatic rings. The summed E-state index contributed by atoms with van der Waals surface area (Å²) in [6.07, 6.45) is 1.60. The number of alkyl halides is 1. The summed E-state index contributed by atoms with van der Waals surface area (Å²) in [6, 6.07) is 4.92. The summed E-state index contributed by atoms with van der Waals surface area (Å²) in [4.78, 5) is 11.7. The van der Waals surface area contributed by atoms with Crippen molar-refractivity contribution in [3.05, 3.63) is 23.8 Å². The molecule has 1 rings (SSSR count). The van der Waals surface area contributed by atoms with E-state index < -0.39 is 0 Å². The molecular weight excluding hydrogens is 256 g/mol. The van der Waals surface area contributed by atoms with Gasteiger partial charge >= 0.3 is 5.97 Å². The molecule has 0 unspecified atom stereocenters. The van der Waals surface area contributed by atoms with Gasteiger partial charge in [-0.05, 0) is 31.0 Å². The molecule has 0 aliphatic rings. The molecule has 0 atom stereocenters. The number of benzene rings is 1. The van der Waals surface area contributed by atoms with Crippen LogP contribution in [0, 0.1) is 0 Å². The second kappa shape index (κ2) is 7.82. The van der Waals surface area contributed by atoms with Crippen molar-refractivity contribution in [2.45, 2.75) is 12.8 Å². The van der Waals surface area contributed by atoms with Gasteiger partial charge in [-0.15, -0.1) is 11.6 Å². The third kappa shape index (κ3) is 4.11. The first-order valence-electron chi connectivity index (χ1n) is 5.68. The average molecular weight is 273 g/mol. The molecule has 0 N–H and O–H groups in total. The number of ether oxygens (including phenoxy) is 3. The molecule has 0 saturated heterocycles. The maximum atomic E-state index is 11.7. The van der Waals surface area contributed by atoms with Crippen LogP contribution < -0.4 is 9.47 Å². The first-order chi connectivity index (χ1) is 8.72. The van der Waals surface area contributed by atoms with Gasteiger partial charge in [0.2, 0.25) is 0 Å². The van der Waals surface area contributed by atoms with Gasteiger partial charge in [0, 0.05) is 5.88 Å². The van der Waals surface area contributed by atoms with Crippen molar-refractivity contribution in [2.75, 3.05) is 26.7 Å². The first kappa shape index (κ1) is 14.6. The SMILES string of the molecule is COc1ccc(C(=O)OCCCCCl)cc1OC. The summed E-state index contributed by atoms with van der Waals surface area (Å²) in [5.74, 6) is 1.29. The molecule has 0 aromatic heterocycles. The van der Waals surface area contributed by atoms with Crippen molar-refractivity contribution in [2.24, 2.45) is 0 Å². The molecule has 5 heteroatoms. The Balaban J connectivity index is 2.62. The maximum Gasteiger partial charge on any atom is 0.338 e. The summed E-state index contributed by atoms with van der Waals surface area (Å²) < 4.78 is 15.3. The molecular formula is C13H17ClO4. The molecule has 0 bridgehead atoms. The third-order valence-corrected chi connectivity index (χ3v) is 2.65. The molecule has 18 heavy (non-hydrogen) atoms. The fourth-order valence-corrected chi connectivity index (χ4v) is 1.60. The van der Waals surface area contributed by atoms with E-state index in [1.165, 1.54) is 7.11 Å². The molecule has 0 radical (unpaired) electrons. The summed E-state index contributed by atoms with van der Waals surface area (Å²) in [7, 11) is 3.06. The standard InChI is InChI=1S/C13H17ClO4/c1-16-11-6-5-10(9-12(11)17-2)13(15)18-8-4-3-7-14/h5-6,9H,3-4,7-8H2,1-2H3. The lowest BCUT2D eigenvalue weighted by Gasteiger charge is -2.09. The fourth-order valence-electron chi connectivity index (χ4n) is 1.41. The van der Waals surface area contributed by atoms with Crippen molar-refractivity contribution < 1.29 is 19.0 Å². The van der Waals surface area contributed by atoms with E-state index in [2.05, 4.69) is 0 Å². The number of methoxy groups -OCH3 is 2. The molecule has 0 aliphatic carbocycles. The lowest BCUT2D eigenvalue weighted by molar-refractivity contribution is 0.0499. The smallest absolute Gasteiger partial charge is 0.338 e. The van der Waals surface area contributed by atoms with Crippen LogP contribution in [0.3, 0.4) is 0 Å². The minimum absolute atomic E-state index is 0.370. The predicted octanol–water partition coefficient (Wildman–Crippen LogP) is 2.88. The number of hydrogen-bond acceptors (Lipinski definition) is 4. The fraction of sp³-hybridized carbons (Fsp3) is 0.462. The minimum atomic E-state index is -0.370. The van der Waals surface area contributed by atoms with E-state index in [9.17, 15) is 4.79 Å². The maximum absolute atomic E-state index is 11.7. The van der Waals surface area contributed by atoms with Gasteiger partial charge in [-0.1, -0.05) is 0 Å². The largest absolute Gasteiger partial charge is 0.493 e. The lowest BCUT2D eigenvalue weighted by Crippen LogP contribution is -2.07. The van der Waals surface area contributed by atoms with Crippen LogP contribution in [0.1, 0.15) is 23.2 Å². The number of halogens is 1. The molecule has 0 aliphatic heterocycles. The Kier molecular flexibility index (Phi) is 6.36. The van der Waals surface area contributed by atoms with E-state index in [1.54, 1.807) is 25.3 Å². The van der Waals surface area contributed by atoms with Crippen LogP contribution in [0.25, 0.3) is 0 Å². The van der Waals surface area contributed by atoms with E-state index in [4.69, 9.17) is 25.8 Å². The summed E-state index contributed by atoms with van der Waals surface area (Å²) >= 11 is 5.54. The normalized spacial score (nSPS) is 9.94. The molecule has 1 aromatic carbocycles. The quantitative estimate of drug-likeness (QED) is 0.435. The zero-order valence-electron chi connectivity index (χ0n) is 10.6. The van der Waals surface area contributed by atoms with E-state index in [-0.39, 0.29) is 5.97 Å². The molecule has 100 valence electrons. The molecule has 0 spiro atoms. The topological polar surface area (TPSA) is 44.8 Å². The van der Waals surface area contributed by atoms with Gasteiger partial charge in [0.15, 0.2) is 11.5 Å². The van der Waals surface area contributed by atoms with Crippen molar-refractivity contribution >= 4 is 17.6 Å². The molecule has 4 nitrogen and oxygen atoms in total. The summed E-state index contributed by atoms with van der Waals surface area (Å²) in [5.41, 5.74) is 0.443. The highest BCUT2D eigenvalue weighted by Crippen LogP contribution is 2.27. The van der Waals surface area contributed by atoms with Crippen molar-refractivity contribution in [3.63, 3.8) is 0 Å². The molecule has 0 amide bonds. The summed E-state index contributed by atoms with van der Waals surface area (Å²) in [5, 5.41) is 0. The first-order valence-corrected chi connectivity index (χ1v) is 6.21. The monoisotopic (exact) mass is 272 g/mol. The number of carbonyl (C=O) groups excluding carboxylic acids is 1. The van der Waals surface area contributed by atoms with Crippen LogP contribution in [0.2, 0.25) is 0 Å². The Morgan fingerprint density at radius 3 is 2.50 bits per heavy atom. The van der Waals surface area contributed by atoms with E-state index in [0.717, 1.165) is 12.8 Å². The van der Waals surface area contributed by atoms with Gasteiger partial charge in [0.25, 0.3) is 0 Å². The third-order valence-electron chi connectivity index (χ3n) is 2.38. The Bertz CT molecular complexity index is 393. The number of rotatable bonds is 7. The second-order valence-electron chi connectivity index (χ2n) is 3.60. The van der Waals surface area contributed by atoms with Gasteiger partial charge < -0.3 is 14.2 Å². The zero-order chi connectivity index (χ0) is 13.4. The van der Waals surface area contributed by atoms with Gasteiger partial charge in [0.1, 0.15) is 0 Å². The molecule has 0 fully saturated rings. The van der Waals surface area contributed by atoms with Gasteiger partial charge in [0.05, 0.1) is 26.4 Å². The van der Waals surface area contributed by atoms with Crippen molar-refractivity contribution in [3.8, 4) is 11.5 Å². The Hall–Kier alpha value is -1.42. The number of esters is 1. The molecule has 0 saturated carbocycles. The highest BCUT2D eigenvalue weighted by Gasteiger charge is 2.11. The predicted molar refractivity (Wildman–Crippen MR) is 69.8 cm³/mol. The van der Waals surface area contributed by atoms with Crippen molar-refractivity contribution in [1.82, 2.24) is 0 Å². The van der Waals surface area contributed by atoms with Gasteiger partial charge in [-0.2, -0.15) is 0 Å². The van der Waals surface area contributed by atoms with E-state index >= 15 is 0 Å². The minimum Gasteiger partial charge on any atom is -0.493 e. The van der Waals surface area contributed by atoms with Crippen LogP contribution in [-0.2, 0) is 4.74 Å². The second-order valence-corrected chi connectivity index (χ2v) is 3.98.